The Hall–Kier alpha value is -3.63. The van der Waals surface area contributed by atoms with Crippen LogP contribution in [0.5, 0.6) is 5.88 Å². The summed E-state index contributed by atoms with van der Waals surface area (Å²) in [7, 11) is 0.147. The molecule has 2 unspecified atom stereocenters. The molecule has 10 heteroatoms. The number of rotatable bonds is 3. The molecule has 34 heavy (non-hydrogen) atoms. The third-order valence-electron chi connectivity index (χ3n) is 5.90. The van der Waals surface area contributed by atoms with E-state index in [2.05, 4.69) is 9.97 Å². The number of aliphatic hydroxyl groups is 1. The van der Waals surface area contributed by atoms with Gasteiger partial charge in [0.2, 0.25) is 11.6 Å². The molecule has 5 rings (SSSR count). The third-order valence-corrected chi connectivity index (χ3v) is 6.86. The Labute approximate surface area is 199 Å². The van der Waals surface area contributed by atoms with Crippen molar-refractivity contribution < 1.29 is 23.6 Å². The Bertz CT molecular complexity index is 1330. The predicted molar refractivity (Wildman–Crippen MR) is 127 cm³/mol. The lowest BCUT2D eigenvalue weighted by Gasteiger charge is -2.35. The van der Waals surface area contributed by atoms with E-state index in [1.165, 1.54) is 23.4 Å². The summed E-state index contributed by atoms with van der Waals surface area (Å²) in [5.41, 5.74) is -0.706. The SMILES string of the molecule is C.C[C@H]1Oc2nc(N3C(=O)c4c(S(C)=O)cccc4C3(O)c3cccnc3)ccc2N(C)C1=O. The number of anilines is 2. The normalized spacial score (nSPS) is 21.9. The molecular formula is C24H24N4O5S. The summed E-state index contributed by atoms with van der Waals surface area (Å²) in [5.74, 6) is -0.491. The summed E-state index contributed by atoms with van der Waals surface area (Å²) >= 11 is 0. The molecule has 2 aromatic heterocycles. The van der Waals surface area contributed by atoms with Crippen LogP contribution in [0.25, 0.3) is 0 Å². The fourth-order valence-electron chi connectivity index (χ4n) is 4.28. The zero-order chi connectivity index (χ0) is 23.5. The van der Waals surface area contributed by atoms with Gasteiger partial charge in [-0.05, 0) is 31.2 Å². The number of hydrogen-bond acceptors (Lipinski definition) is 7. The summed E-state index contributed by atoms with van der Waals surface area (Å²) in [6.07, 6.45) is 3.76. The molecule has 0 radical (unpaired) electrons. The number of pyridine rings is 2. The zero-order valence-corrected chi connectivity index (χ0v) is 18.9. The second-order valence-corrected chi connectivity index (χ2v) is 9.19. The van der Waals surface area contributed by atoms with Crippen LogP contribution >= 0.6 is 0 Å². The topological polar surface area (TPSA) is 113 Å². The van der Waals surface area contributed by atoms with Crippen LogP contribution in [0.2, 0.25) is 0 Å². The lowest BCUT2D eigenvalue weighted by molar-refractivity contribution is -0.125. The van der Waals surface area contributed by atoms with Crippen LogP contribution in [0.4, 0.5) is 11.5 Å². The number of amides is 2. The van der Waals surface area contributed by atoms with E-state index in [4.69, 9.17) is 4.74 Å². The molecule has 0 fully saturated rings. The molecule has 0 aliphatic carbocycles. The number of nitrogens with zero attached hydrogens (tertiary/aromatic N) is 4. The van der Waals surface area contributed by atoms with Crippen LogP contribution in [-0.2, 0) is 21.3 Å². The van der Waals surface area contributed by atoms with Crippen LogP contribution in [0.1, 0.15) is 35.8 Å². The molecule has 9 nitrogen and oxygen atoms in total. The van der Waals surface area contributed by atoms with E-state index in [-0.39, 0.29) is 36.2 Å². The summed E-state index contributed by atoms with van der Waals surface area (Å²) in [6, 6.07) is 11.3. The zero-order valence-electron chi connectivity index (χ0n) is 18.1. The van der Waals surface area contributed by atoms with E-state index < -0.39 is 28.5 Å². The maximum absolute atomic E-state index is 13.7. The lowest BCUT2D eigenvalue weighted by atomic mass is 9.95. The first-order valence-corrected chi connectivity index (χ1v) is 11.7. The van der Waals surface area contributed by atoms with E-state index >= 15 is 0 Å². The van der Waals surface area contributed by atoms with Crippen molar-refractivity contribution in [2.45, 2.75) is 31.1 Å². The molecular weight excluding hydrogens is 456 g/mol. The molecule has 0 spiro atoms. The molecule has 1 aromatic carbocycles. The number of hydrogen-bond donors (Lipinski definition) is 1. The van der Waals surface area contributed by atoms with Crippen molar-refractivity contribution in [3.8, 4) is 5.88 Å². The van der Waals surface area contributed by atoms with Crippen molar-refractivity contribution >= 4 is 34.1 Å². The number of ether oxygens (including phenoxy) is 1. The Balaban J connectivity index is 0.00000274. The van der Waals surface area contributed by atoms with Crippen molar-refractivity contribution in [2.24, 2.45) is 0 Å². The average Bonchev–Trinajstić information content (AvgIpc) is 3.05. The van der Waals surface area contributed by atoms with Crippen molar-refractivity contribution in [1.29, 1.82) is 0 Å². The van der Waals surface area contributed by atoms with Crippen molar-refractivity contribution in [3.63, 3.8) is 0 Å². The van der Waals surface area contributed by atoms with Crippen LogP contribution in [0.15, 0.2) is 59.8 Å². The fourth-order valence-corrected chi connectivity index (χ4v) is 5.04. The Kier molecular flexibility index (Phi) is 5.74. The van der Waals surface area contributed by atoms with E-state index in [0.29, 0.717) is 16.1 Å². The summed E-state index contributed by atoms with van der Waals surface area (Å²) in [6.45, 7) is 1.61. The molecule has 0 saturated carbocycles. The van der Waals surface area contributed by atoms with Gasteiger partial charge in [0.25, 0.3) is 11.8 Å². The number of carbonyl (C=O) groups is 2. The molecule has 4 heterocycles. The predicted octanol–water partition coefficient (Wildman–Crippen LogP) is 2.45. The molecule has 2 aliphatic rings. The molecule has 176 valence electrons. The Morgan fingerprint density at radius 2 is 1.91 bits per heavy atom. The quantitative estimate of drug-likeness (QED) is 0.613. The van der Waals surface area contributed by atoms with Crippen molar-refractivity contribution in [3.05, 3.63) is 71.5 Å². The minimum Gasteiger partial charge on any atom is -0.463 e. The summed E-state index contributed by atoms with van der Waals surface area (Å²) in [4.78, 5) is 37.5. The van der Waals surface area contributed by atoms with Gasteiger partial charge in [-0.1, -0.05) is 25.6 Å². The smallest absolute Gasteiger partial charge is 0.267 e. The number of likely N-dealkylation sites (N-methyl/N-ethyl adjacent to an activating group) is 1. The lowest BCUT2D eigenvalue weighted by Crippen LogP contribution is -2.46. The number of benzene rings is 1. The number of aromatic nitrogens is 2. The standard InChI is InChI=1S/C23H20N4O5S.CH4/c1-13-21(28)26(2)16-9-10-18(25-20(16)32-13)27-22(29)19-15(7-4-8-17(19)33(3)31)23(27,30)14-6-5-11-24-12-14;/h4-13,30H,1-3H3;1H4/t13-,23?,33?;/m1./s1. The van der Waals surface area contributed by atoms with Gasteiger partial charge in [0.15, 0.2) is 6.10 Å². The van der Waals surface area contributed by atoms with Crippen LogP contribution in [0, 0.1) is 0 Å². The Morgan fingerprint density at radius 3 is 2.59 bits per heavy atom. The minimum absolute atomic E-state index is 0. The van der Waals surface area contributed by atoms with Crippen LogP contribution in [-0.4, -0.2) is 50.5 Å². The van der Waals surface area contributed by atoms with Gasteiger partial charge in [-0.2, -0.15) is 4.98 Å². The first-order valence-electron chi connectivity index (χ1n) is 10.1. The van der Waals surface area contributed by atoms with E-state index in [9.17, 15) is 18.9 Å². The van der Waals surface area contributed by atoms with Crippen LogP contribution in [0.3, 0.4) is 0 Å². The van der Waals surface area contributed by atoms with E-state index in [1.54, 1.807) is 56.6 Å². The van der Waals surface area contributed by atoms with Gasteiger partial charge in [0, 0.05) is 36.8 Å². The molecule has 1 N–H and O–H groups in total. The third kappa shape index (κ3) is 3.21. The molecule has 0 bridgehead atoms. The molecule has 2 aliphatic heterocycles. The first-order chi connectivity index (χ1) is 15.7. The van der Waals surface area contributed by atoms with Gasteiger partial charge in [0.05, 0.1) is 21.3 Å². The highest BCUT2D eigenvalue weighted by molar-refractivity contribution is 7.84. The van der Waals surface area contributed by atoms with Gasteiger partial charge >= 0.3 is 0 Å². The largest absolute Gasteiger partial charge is 0.463 e. The summed E-state index contributed by atoms with van der Waals surface area (Å²) < 4.78 is 18.1. The second-order valence-electron chi connectivity index (χ2n) is 7.84. The minimum atomic E-state index is -1.95. The highest BCUT2D eigenvalue weighted by atomic mass is 32.2. The van der Waals surface area contributed by atoms with Gasteiger partial charge in [-0.3, -0.25) is 23.7 Å². The summed E-state index contributed by atoms with van der Waals surface area (Å²) in [5, 5.41) is 12.1. The highest BCUT2D eigenvalue weighted by Crippen LogP contribution is 2.46. The molecule has 0 saturated heterocycles. The van der Waals surface area contributed by atoms with Gasteiger partial charge < -0.3 is 14.7 Å². The van der Waals surface area contributed by atoms with E-state index in [1.807, 2.05) is 0 Å². The molecule has 3 aromatic rings. The van der Waals surface area contributed by atoms with Crippen molar-refractivity contribution in [1.82, 2.24) is 9.97 Å². The molecule has 3 atom stereocenters. The average molecular weight is 481 g/mol. The number of fused-ring (bicyclic) bond motifs is 2. The monoisotopic (exact) mass is 480 g/mol. The fraction of sp³-hybridized carbons (Fsp3) is 0.250. The second kappa shape index (κ2) is 8.30. The maximum Gasteiger partial charge on any atom is 0.267 e. The Morgan fingerprint density at radius 1 is 1.15 bits per heavy atom. The highest BCUT2D eigenvalue weighted by Gasteiger charge is 2.53. The molecule has 2 amide bonds. The van der Waals surface area contributed by atoms with E-state index in [0.717, 1.165) is 4.90 Å². The van der Waals surface area contributed by atoms with Gasteiger partial charge in [-0.15, -0.1) is 0 Å². The number of carbonyl (C=O) groups excluding carboxylic acids is 2. The van der Waals surface area contributed by atoms with Crippen molar-refractivity contribution in [2.75, 3.05) is 23.1 Å². The van der Waals surface area contributed by atoms with Gasteiger partial charge in [0.1, 0.15) is 11.5 Å². The maximum atomic E-state index is 13.7. The van der Waals surface area contributed by atoms with Crippen LogP contribution < -0.4 is 14.5 Å². The van der Waals surface area contributed by atoms with Gasteiger partial charge in [-0.25, -0.2) is 0 Å². The first kappa shape index (κ1) is 23.5.